The number of aromatic carboxylic acids is 1. The lowest BCUT2D eigenvalue weighted by Gasteiger charge is -2.21. The van der Waals surface area contributed by atoms with Gasteiger partial charge in [-0.3, -0.25) is 0 Å². The molecule has 1 aliphatic rings. The standard InChI is InChI=1S/C17H19NO3/c1-11-12(5-4-6-13(11)17(19)20)15-8-9-16(21-15)14-7-2-3-10-18-14/h4-6,8-9,14,18H,2-3,7,10H2,1H3,(H,19,20)/t14-/m1/s1. The zero-order valence-electron chi connectivity index (χ0n) is 12.1. The molecule has 4 nitrogen and oxygen atoms in total. The fourth-order valence-electron chi connectivity index (χ4n) is 2.91. The van der Waals surface area contributed by atoms with Crippen molar-refractivity contribution in [3.8, 4) is 11.3 Å². The van der Waals surface area contributed by atoms with E-state index >= 15 is 0 Å². The summed E-state index contributed by atoms with van der Waals surface area (Å²) >= 11 is 0. The highest BCUT2D eigenvalue weighted by atomic mass is 16.4. The van der Waals surface area contributed by atoms with Crippen LogP contribution >= 0.6 is 0 Å². The molecule has 3 rings (SSSR count). The summed E-state index contributed by atoms with van der Waals surface area (Å²) in [6, 6.07) is 9.47. The van der Waals surface area contributed by atoms with Crippen molar-refractivity contribution >= 4 is 5.97 Å². The van der Waals surface area contributed by atoms with Crippen LogP contribution in [0, 0.1) is 6.92 Å². The molecule has 0 spiro atoms. The van der Waals surface area contributed by atoms with E-state index < -0.39 is 5.97 Å². The molecule has 21 heavy (non-hydrogen) atoms. The summed E-state index contributed by atoms with van der Waals surface area (Å²) in [5.41, 5.74) is 1.90. The number of piperidine rings is 1. The molecule has 0 aliphatic carbocycles. The van der Waals surface area contributed by atoms with Gasteiger partial charge >= 0.3 is 5.97 Å². The molecule has 1 aliphatic heterocycles. The molecule has 1 aromatic carbocycles. The maximum Gasteiger partial charge on any atom is 0.335 e. The van der Waals surface area contributed by atoms with Crippen molar-refractivity contribution in [1.29, 1.82) is 0 Å². The number of benzene rings is 1. The predicted molar refractivity (Wildman–Crippen MR) is 80.4 cm³/mol. The van der Waals surface area contributed by atoms with E-state index in [0.29, 0.717) is 5.56 Å². The third-order valence-electron chi connectivity index (χ3n) is 4.11. The number of furan rings is 1. The fourth-order valence-corrected chi connectivity index (χ4v) is 2.91. The SMILES string of the molecule is Cc1c(C(=O)O)cccc1-c1ccc([C@H]2CCCCN2)o1. The van der Waals surface area contributed by atoms with Gasteiger partial charge in [-0.25, -0.2) is 4.79 Å². The van der Waals surface area contributed by atoms with Crippen LogP contribution in [0.25, 0.3) is 11.3 Å². The lowest BCUT2D eigenvalue weighted by molar-refractivity contribution is 0.0696. The zero-order valence-corrected chi connectivity index (χ0v) is 12.1. The minimum absolute atomic E-state index is 0.274. The number of hydrogen-bond acceptors (Lipinski definition) is 3. The third kappa shape index (κ3) is 2.72. The second kappa shape index (κ2) is 5.74. The molecule has 2 aromatic rings. The highest BCUT2D eigenvalue weighted by Gasteiger charge is 2.19. The number of rotatable bonds is 3. The smallest absolute Gasteiger partial charge is 0.335 e. The van der Waals surface area contributed by atoms with E-state index in [1.807, 2.05) is 25.1 Å². The van der Waals surface area contributed by atoms with E-state index in [9.17, 15) is 9.90 Å². The lowest BCUT2D eigenvalue weighted by atomic mass is 10.0. The topological polar surface area (TPSA) is 62.5 Å². The van der Waals surface area contributed by atoms with Crippen molar-refractivity contribution in [2.75, 3.05) is 6.54 Å². The van der Waals surface area contributed by atoms with E-state index in [4.69, 9.17) is 4.42 Å². The van der Waals surface area contributed by atoms with Gasteiger partial charge in [-0.2, -0.15) is 0 Å². The van der Waals surface area contributed by atoms with Gasteiger partial charge in [0.2, 0.25) is 0 Å². The first-order valence-electron chi connectivity index (χ1n) is 7.33. The van der Waals surface area contributed by atoms with Gasteiger partial charge in [0.15, 0.2) is 0 Å². The molecule has 110 valence electrons. The van der Waals surface area contributed by atoms with E-state index in [0.717, 1.165) is 35.6 Å². The highest BCUT2D eigenvalue weighted by molar-refractivity contribution is 5.91. The molecule has 0 radical (unpaired) electrons. The molecule has 0 amide bonds. The highest BCUT2D eigenvalue weighted by Crippen LogP contribution is 2.31. The Balaban J connectivity index is 1.93. The Morgan fingerprint density at radius 2 is 2.14 bits per heavy atom. The van der Waals surface area contributed by atoms with Crippen LogP contribution in [-0.2, 0) is 0 Å². The molecule has 1 fully saturated rings. The van der Waals surface area contributed by atoms with Crippen molar-refractivity contribution in [3.05, 3.63) is 47.2 Å². The van der Waals surface area contributed by atoms with Crippen LogP contribution in [0.2, 0.25) is 0 Å². The quantitative estimate of drug-likeness (QED) is 0.901. The van der Waals surface area contributed by atoms with Gasteiger partial charge in [0.25, 0.3) is 0 Å². The van der Waals surface area contributed by atoms with Crippen LogP contribution in [0.4, 0.5) is 0 Å². The molecule has 1 aromatic heterocycles. The first-order chi connectivity index (χ1) is 10.2. The van der Waals surface area contributed by atoms with Gasteiger partial charge in [-0.15, -0.1) is 0 Å². The summed E-state index contributed by atoms with van der Waals surface area (Å²) < 4.78 is 5.97. The van der Waals surface area contributed by atoms with E-state index in [2.05, 4.69) is 5.32 Å². The molecule has 2 heterocycles. The Morgan fingerprint density at radius 1 is 1.29 bits per heavy atom. The normalized spacial score (nSPS) is 18.6. The van der Waals surface area contributed by atoms with Crippen LogP contribution in [0.1, 0.15) is 47.0 Å². The lowest BCUT2D eigenvalue weighted by Crippen LogP contribution is -2.26. The molecule has 0 unspecified atom stereocenters. The summed E-state index contributed by atoms with van der Waals surface area (Å²) in [5.74, 6) is 0.762. The molecule has 1 atom stereocenters. The van der Waals surface area contributed by atoms with Crippen molar-refractivity contribution in [3.63, 3.8) is 0 Å². The zero-order chi connectivity index (χ0) is 14.8. The number of carbonyl (C=O) groups is 1. The number of carboxylic acid groups (broad SMARTS) is 1. The first kappa shape index (κ1) is 13.9. The van der Waals surface area contributed by atoms with Gasteiger partial charge in [-0.05, 0) is 50.1 Å². The summed E-state index contributed by atoms with van der Waals surface area (Å²) in [5, 5.41) is 12.7. The molecule has 1 saturated heterocycles. The Kier molecular flexibility index (Phi) is 3.80. The van der Waals surface area contributed by atoms with Crippen LogP contribution < -0.4 is 5.32 Å². The Labute approximate surface area is 123 Å². The Hall–Kier alpha value is -2.07. The second-order valence-electron chi connectivity index (χ2n) is 5.49. The van der Waals surface area contributed by atoms with Crippen LogP contribution in [0.5, 0.6) is 0 Å². The van der Waals surface area contributed by atoms with E-state index in [1.165, 1.54) is 12.8 Å². The predicted octanol–water partition coefficient (Wildman–Crippen LogP) is 3.77. The van der Waals surface area contributed by atoms with Gasteiger partial charge in [0.05, 0.1) is 11.6 Å². The molecule has 4 heteroatoms. The van der Waals surface area contributed by atoms with Crippen molar-refractivity contribution in [2.24, 2.45) is 0 Å². The Morgan fingerprint density at radius 3 is 2.86 bits per heavy atom. The number of nitrogens with one attached hydrogen (secondary N) is 1. The summed E-state index contributed by atoms with van der Waals surface area (Å²) in [6.07, 6.45) is 3.51. The van der Waals surface area contributed by atoms with Crippen molar-refractivity contribution < 1.29 is 14.3 Å². The average molecular weight is 285 g/mol. The monoisotopic (exact) mass is 285 g/mol. The maximum absolute atomic E-state index is 11.2. The molecular formula is C17H19NO3. The van der Waals surface area contributed by atoms with Crippen LogP contribution in [0.3, 0.4) is 0 Å². The second-order valence-corrected chi connectivity index (χ2v) is 5.49. The molecular weight excluding hydrogens is 266 g/mol. The molecule has 0 bridgehead atoms. The van der Waals surface area contributed by atoms with Crippen molar-refractivity contribution in [1.82, 2.24) is 5.32 Å². The van der Waals surface area contributed by atoms with Crippen LogP contribution in [0.15, 0.2) is 34.7 Å². The summed E-state index contributed by atoms with van der Waals surface area (Å²) in [4.78, 5) is 11.2. The molecule has 2 N–H and O–H groups in total. The van der Waals surface area contributed by atoms with E-state index in [-0.39, 0.29) is 6.04 Å². The largest absolute Gasteiger partial charge is 0.478 e. The number of carboxylic acids is 1. The number of hydrogen-bond donors (Lipinski definition) is 2. The van der Waals surface area contributed by atoms with Crippen molar-refractivity contribution in [2.45, 2.75) is 32.2 Å². The summed E-state index contributed by atoms with van der Waals surface area (Å²) in [6.45, 7) is 2.84. The third-order valence-corrected chi connectivity index (χ3v) is 4.11. The maximum atomic E-state index is 11.2. The van der Waals surface area contributed by atoms with Crippen LogP contribution in [-0.4, -0.2) is 17.6 Å². The fraction of sp³-hybridized carbons (Fsp3) is 0.353. The average Bonchev–Trinajstić information content (AvgIpc) is 2.98. The van der Waals surface area contributed by atoms with Gasteiger partial charge in [-0.1, -0.05) is 18.6 Å². The van der Waals surface area contributed by atoms with Gasteiger partial charge in [0.1, 0.15) is 11.5 Å². The Bertz CT molecular complexity index is 654. The minimum atomic E-state index is -0.907. The summed E-state index contributed by atoms with van der Waals surface area (Å²) in [7, 11) is 0. The van der Waals surface area contributed by atoms with Gasteiger partial charge in [0, 0.05) is 5.56 Å². The minimum Gasteiger partial charge on any atom is -0.478 e. The molecule has 0 saturated carbocycles. The first-order valence-corrected chi connectivity index (χ1v) is 7.33. The van der Waals surface area contributed by atoms with E-state index in [1.54, 1.807) is 12.1 Å². The van der Waals surface area contributed by atoms with Gasteiger partial charge < -0.3 is 14.8 Å².